The van der Waals surface area contributed by atoms with Gasteiger partial charge in [-0.25, -0.2) is 4.79 Å². The SMILES string of the molecule is C=CCn1c(COc2ccc(Cl)cc2Cl)nnc1SCC(=O)Nc1sc2c(c1C(=O)OCC)CCC(C)C2. The van der Waals surface area contributed by atoms with Gasteiger partial charge in [-0.1, -0.05) is 48.0 Å². The van der Waals surface area contributed by atoms with Crippen LogP contribution in [-0.2, 0) is 35.5 Å². The second-order valence-electron chi connectivity index (χ2n) is 8.77. The Hall–Kier alpha value is -2.53. The number of rotatable bonds is 11. The third kappa shape index (κ3) is 6.72. The molecule has 1 atom stereocenters. The van der Waals surface area contributed by atoms with E-state index in [2.05, 4.69) is 29.0 Å². The highest BCUT2D eigenvalue weighted by Crippen LogP contribution is 2.40. The summed E-state index contributed by atoms with van der Waals surface area (Å²) >= 11 is 14.9. The molecule has 1 N–H and O–H groups in total. The van der Waals surface area contributed by atoms with E-state index < -0.39 is 5.97 Å². The van der Waals surface area contributed by atoms with E-state index >= 15 is 0 Å². The number of carbonyl (C=O) groups excluding carboxylic acids is 2. The van der Waals surface area contributed by atoms with Crippen molar-refractivity contribution in [3.05, 3.63) is 62.7 Å². The molecule has 0 fully saturated rings. The molecule has 0 bridgehead atoms. The van der Waals surface area contributed by atoms with Crippen LogP contribution in [-0.4, -0.2) is 39.0 Å². The Kier molecular flexibility index (Phi) is 9.75. The van der Waals surface area contributed by atoms with Crippen molar-refractivity contribution in [3.63, 3.8) is 0 Å². The lowest BCUT2D eigenvalue weighted by Gasteiger charge is -2.18. The largest absolute Gasteiger partial charge is 0.484 e. The molecule has 0 aliphatic heterocycles. The van der Waals surface area contributed by atoms with Gasteiger partial charge in [-0.3, -0.25) is 9.36 Å². The van der Waals surface area contributed by atoms with Crippen LogP contribution in [0.2, 0.25) is 10.0 Å². The molecule has 0 saturated carbocycles. The number of allylic oxidation sites excluding steroid dienone is 1. The molecule has 38 heavy (non-hydrogen) atoms. The predicted molar refractivity (Wildman–Crippen MR) is 152 cm³/mol. The highest BCUT2D eigenvalue weighted by molar-refractivity contribution is 7.99. The van der Waals surface area contributed by atoms with Crippen molar-refractivity contribution < 1.29 is 19.1 Å². The first-order valence-electron chi connectivity index (χ1n) is 12.2. The molecule has 2 aromatic heterocycles. The minimum Gasteiger partial charge on any atom is -0.484 e. The van der Waals surface area contributed by atoms with Gasteiger partial charge in [0.2, 0.25) is 5.91 Å². The Morgan fingerprint density at radius 3 is 2.89 bits per heavy atom. The second-order valence-corrected chi connectivity index (χ2v) is 11.7. The van der Waals surface area contributed by atoms with Gasteiger partial charge in [0.05, 0.1) is 22.9 Å². The maximum atomic E-state index is 12.9. The van der Waals surface area contributed by atoms with E-state index in [1.807, 2.05) is 4.57 Å². The number of anilines is 1. The number of hydrogen-bond donors (Lipinski definition) is 1. The van der Waals surface area contributed by atoms with Crippen LogP contribution in [0.3, 0.4) is 0 Å². The number of thioether (sulfide) groups is 1. The molecule has 0 saturated heterocycles. The summed E-state index contributed by atoms with van der Waals surface area (Å²) in [6, 6.07) is 4.98. The third-order valence-electron chi connectivity index (χ3n) is 5.93. The molecule has 202 valence electrons. The number of nitrogens with one attached hydrogen (secondary N) is 1. The van der Waals surface area contributed by atoms with Gasteiger partial charge < -0.3 is 14.8 Å². The summed E-state index contributed by atoms with van der Waals surface area (Å²) in [5.41, 5.74) is 1.50. The quantitative estimate of drug-likeness (QED) is 0.155. The molecule has 1 amide bonds. The number of amides is 1. The average Bonchev–Trinajstić information content (AvgIpc) is 3.42. The highest BCUT2D eigenvalue weighted by Gasteiger charge is 2.29. The molecule has 1 aliphatic carbocycles. The zero-order valence-electron chi connectivity index (χ0n) is 21.1. The maximum absolute atomic E-state index is 12.9. The van der Waals surface area contributed by atoms with Crippen LogP contribution in [0.25, 0.3) is 0 Å². The number of carbonyl (C=O) groups is 2. The molecule has 1 aliphatic rings. The summed E-state index contributed by atoms with van der Waals surface area (Å²) in [6.45, 7) is 8.61. The molecule has 0 radical (unpaired) electrons. The fourth-order valence-electron chi connectivity index (χ4n) is 4.13. The standard InChI is InChI=1S/C26H28Cl2N4O4S2/c1-4-10-32-21(13-36-19-9-7-16(27)12-18(19)28)30-31-26(32)37-14-22(33)29-24-23(25(34)35-5-2)17-8-6-15(3)11-20(17)38-24/h4,7,9,12,15H,1,5-6,8,10-11,13-14H2,2-3H3,(H,29,33). The molecule has 12 heteroatoms. The number of benzene rings is 1. The van der Waals surface area contributed by atoms with Crippen molar-refractivity contribution in [1.82, 2.24) is 14.8 Å². The molecule has 4 rings (SSSR count). The van der Waals surface area contributed by atoms with Crippen molar-refractivity contribution in [2.24, 2.45) is 5.92 Å². The van der Waals surface area contributed by atoms with Crippen molar-refractivity contribution >= 4 is 63.2 Å². The molecule has 3 aromatic rings. The Labute approximate surface area is 239 Å². The zero-order chi connectivity index (χ0) is 27.2. The van der Waals surface area contributed by atoms with E-state index in [9.17, 15) is 9.59 Å². The molecular formula is C26H28Cl2N4O4S2. The first-order chi connectivity index (χ1) is 18.3. The fourth-order valence-corrected chi connectivity index (χ4v) is 6.78. The van der Waals surface area contributed by atoms with Gasteiger partial charge in [0.1, 0.15) is 17.4 Å². The Bertz CT molecular complexity index is 1340. The van der Waals surface area contributed by atoms with Crippen LogP contribution < -0.4 is 10.1 Å². The van der Waals surface area contributed by atoms with Gasteiger partial charge in [-0.15, -0.1) is 28.1 Å². The van der Waals surface area contributed by atoms with Gasteiger partial charge in [0.15, 0.2) is 11.0 Å². The van der Waals surface area contributed by atoms with Gasteiger partial charge in [0.25, 0.3) is 0 Å². The highest BCUT2D eigenvalue weighted by atomic mass is 35.5. The number of fused-ring (bicyclic) bond motifs is 1. The fraction of sp³-hybridized carbons (Fsp3) is 0.385. The minimum atomic E-state index is -0.390. The van der Waals surface area contributed by atoms with E-state index in [1.54, 1.807) is 31.2 Å². The number of thiophene rings is 1. The van der Waals surface area contributed by atoms with Crippen LogP contribution >= 0.6 is 46.3 Å². The minimum absolute atomic E-state index is 0.0837. The van der Waals surface area contributed by atoms with E-state index in [0.29, 0.717) is 49.8 Å². The summed E-state index contributed by atoms with van der Waals surface area (Å²) in [6.07, 6.45) is 4.43. The molecule has 8 nitrogen and oxygen atoms in total. The molecule has 1 aromatic carbocycles. The Balaban J connectivity index is 1.44. The van der Waals surface area contributed by atoms with E-state index in [1.165, 1.54) is 23.1 Å². The van der Waals surface area contributed by atoms with E-state index in [4.69, 9.17) is 32.7 Å². The van der Waals surface area contributed by atoms with Gasteiger partial charge in [-0.05, 0) is 55.9 Å². The first kappa shape index (κ1) is 28.5. The van der Waals surface area contributed by atoms with Crippen molar-refractivity contribution in [1.29, 1.82) is 0 Å². The summed E-state index contributed by atoms with van der Waals surface area (Å²) in [4.78, 5) is 26.8. The summed E-state index contributed by atoms with van der Waals surface area (Å²) in [7, 11) is 0. The van der Waals surface area contributed by atoms with Crippen LogP contribution in [0.4, 0.5) is 5.00 Å². The van der Waals surface area contributed by atoms with E-state index in [-0.39, 0.29) is 24.9 Å². The monoisotopic (exact) mass is 594 g/mol. The van der Waals surface area contributed by atoms with Crippen LogP contribution in [0.5, 0.6) is 5.75 Å². The molecular weight excluding hydrogens is 567 g/mol. The van der Waals surface area contributed by atoms with E-state index in [0.717, 1.165) is 29.7 Å². The lowest BCUT2D eigenvalue weighted by molar-refractivity contribution is -0.113. The van der Waals surface area contributed by atoms with Crippen molar-refractivity contribution in [3.8, 4) is 5.75 Å². The lowest BCUT2D eigenvalue weighted by Crippen LogP contribution is -2.18. The first-order valence-corrected chi connectivity index (χ1v) is 14.7. The van der Waals surface area contributed by atoms with Crippen LogP contribution in [0, 0.1) is 5.92 Å². The van der Waals surface area contributed by atoms with Gasteiger partial charge >= 0.3 is 5.97 Å². The third-order valence-corrected chi connectivity index (χ3v) is 8.60. The number of esters is 1. The van der Waals surface area contributed by atoms with Gasteiger partial charge in [-0.2, -0.15) is 0 Å². The molecule has 0 spiro atoms. The number of ether oxygens (including phenoxy) is 2. The predicted octanol–water partition coefficient (Wildman–Crippen LogP) is 6.44. The summed E-state index contributed by atoms with van der Waals surface area (Å²) in [5.74, 6) is 1.03. The zero-order valence-corrected chi connectivity index (χ0v) is 24.2. The number of halogens is 2. The summed E-state index contributed by atoms with van der Waals surface area (Å²) < 4.78 is 12.9. The van der Waals surface area contributed by atoms with Crippen molar-refractivity contribution in [2.45, 2.75) is 51.4 Å². The summed E-state index contributed by atoms with van der Waals surface area (Å²) in [5, 5.41) is 13.4. The topological polar surface area (TPSA) is 95.3 Å². The number of aromatic nitrogens is 3. The Morgan fingerprint density at radius 2 is 2.16 bits per heavy atom. The Morgan fingerprint density at radius 1 is 1.34 bits per heavy atom. The molecule has 1 unspecified atom stereocenters. The van der Waals surface area contributed by atoms with Crippen molar-refractivity contribution in [2.75, 3.05) is 17.7 Å². The van der Waals surface area contributed by atoms with Gasteiger partial charge in [0, 0.05) is 16.4 Å². The smallest absolute Gasteiger partial charge is 0.341 e. The number of nitrogens with zero attached hydrogens (tertiary/aromatic N) is 3. The van der Waals surface area contributed by atoms with Crippen LogP contribution in [0.15, 0.2) is 36.0 Å². The lowest BCUT2D eigenvalue weighted by atomic mass is 9.88. The second kappa shape index (κ2) is 13.0. The average molecular weight is 596 g/mol. The maximum Gasteiger partial charge on any atom is 0.341 e. The normalized spacial score (nSPS) is 14.6. The number of hydrogen-bond acceptors (Lipinski definition) is 8. The molecule has 2 heterocycles. The van der Waals surface area contributed by atoms with Crippen LogP contribution in [0.1, 0.15) is 46.9 Å².